The van der Waals surface area contributed by atoms with E-state index in [-0.39, 0.29) is 5.54 Å². The fourth-order valence-corrected chi connectivity index (χ4v) is 2.98. The third kappa shape index (κ3) is 5.56. The molecule has 0 bridgehead atoms. The highest BCUT2D eigenvalue weighted by molar-refractivity contribution is 7.99. The van der Waals surface area contributed by atoms with Crippen LogP contribution in [0, 0.1) is 18.3 Å². The summed E-state index contributed by atoms with van der Waals surface area (Å²) in [6.45, 7) is 7.26. The molecule has 0 radical (unpaired) electrons. The Balaban J connectivity index is 2.37. The summed E-state index contributed by atoms with van der Waals surface area (Å²) in [6.07, 6.45) is 3.94. The van der Waals surface area contributed by atoms with E-state index in [9.17, 15) is 5.26 Å². The molecule has 0 heterocycles. The smallest absolute Gasteiger partial charge is 0.106 e. The van der Waals surface area contributed by atoms with E-state index in [0.29, 0.717) is 0 Å². The second kappa shape index (κ2) is 9.05. The Hall–Kier alpha value is -0.980. The fourth-order valence-electron chi connectivity index (χ4n) is 2.13. The molecule has 1 atom stereocenters. The van der Waals surface area contributed by atoms with Gasteiger partial charge in [0.2, 0.25) is 0 Å². The molecule has 0 fully saturated rings. The van der Waals surface area contributed by atoms with Crippen molar-refractivity contribution in [3.8, 4) is 6.07 Å². The number of rotatable bonds is 9. The van der Waals surface area contributed by atoms with Gasteiger partial charge in [-0.1, -0.05) is 31.5 Å². The first-order valence-electron chi connectivity index (χ1n) is 7.51. The topological polar surface area (TPSA) is 35.8 Å². The van der Waals surface area contributed by atoms with Crippen LogP contribution in [-0.4, -0.2) is 17.8 Å². The maximum atomic E-state index is 9.43. The summed E-state index contributed by atoms with van der Waals surface area (Å²) in [5.74, 6) is 1.07. The number of hydrogen-bond donors (Lipinski definition) is 1. The third-order valence-electron chi connectivity index (χ3n) is 3.57. The van der Waals surface area contributed by atoms with Crippen molar-refractivity contribution in [3.05, 3.63) is 29.8 Å². The number of nitrogens with zero attached hydrogens (tertiary/aromatic N) is 1. The third-order valence-corrected chi connectivity index (χ3v) is 4.67. The molecule has 2 nitrogen and oxygen atoms in total. The first-order valence-corrected chi connectivity index (χ1v) is 8.50. The van der Waals surface area contributed by atoms with Gasteiger partial charge in [-0.15, -0.1) is 11.8 Å². The molecule has 0 aliphatic carbocycles. The number of nitrogens with one attached hydrogen (secondary N) is 1. The van der Waals surface area contributed by atoms with Gasteiger partial charge in [-0.2, -0.15) is 5.26 Å². The van der Waals surface area contributed by atoms with Crippen LogP contribution in [0.25, 0.3) is 0 Å². The van der Waals surface area contributed by atoms with Crippen molar-refractivity contribution in [2.75, 3.05) is 12.3 Å². The van der Waals surface area contributed by atoms with Gasteiger partial charge in [0.1, 0.15) is 5.54 Å². The molecule has 0 aliphatic rings. The maximum absolute atomic E-state index is 9.43. The van der Waals surface area contributed by atoms with Gasteiger partial charge in [0.05, 0.1) is 6.07 Å². The largest absolute Gasteiger partial charge is 0.299 e. The number of hydrogen-bond acceptors (Lipinski definition) is 3. The Labute approximate surface area is 128 Å². The van der Waals surface area contributed by atoms with E-state index < -0.39 is 0 Å². The van der Waals surface area contributed by atoms with E-state index >= 15 is 0 Å². The maximum Gasteiger partial charge on any atom is 0.106 e. The normalized spacial score (nSPS) is 13.7. The van der Waals surface area contributed by atoms with Gasteiger partial charge >= 0.3 is 0 Å². The van der Waals surface area contributed by atoms with Crippen LogP contribution in [0.1, 0.15) is 45.1 Å². The average Bonchev–Trinajstić information content (AvgIpc) is 2.49. The second-order valence-corrected chi connectivity index (χ2v) is 6.41. The number of thioether (sulfide) groups is 1. The Bertz CT molecular complexity index is 422. The molecular weight excluding hydrogens is 264 g/mol. The molecule has 0 saturated carbocycles. The molecule has 1 rings (SSSR count). The predicted molar refractivity (Wildman–Crippen MR) is 88.1 cm³/mol. The minimum Gasteiger partial charge on any atom is -0.299 e. The van der Waals surface area contributed by atoms with Crippen LogP contribution in [0.2, 0.25) is 0 Å². The lowest BCUT2D eigenvalue weighted by molar-refractivity contribution is 0.371. The quantitative estimate of drug-likeness (QED) is 0.536. The Kier molecular flexibility index (Phi) is 7.72. The van der Waals surface area contributed by atoms with Gasteiger partial charge in [0.25, 0.3) is 0 Å². The molecule has 20 heavy (non-hydrogen) atoms. The van der Waals surface area contributed by atoms with Gasteiger partial charge in [0.15, 0.2) is 0 Å². The molecule has 1 aromatic rings. The standard InChI is InChI=1S/C17H26N2S/c1-4-12-19-17(5-2,14-18)11-6-13-20-16-9-7-15(3)8-10-16/h7-10,19H,4-6,11-13H2,1-3H3. The fraction of sp³-hybridized carbons (Fsp3) is 0.588. The van der Waals surface area contributed by atoms with Crippen molar-refractivity contribution in [3.63, 3.8) is 0 Å². The summed E-state index contributed by atoms with van der Waals surface area (Å²) >= 11 is 1.88. The minimum absolute atomic E-state index is 0.330. The predicted octanol–water partition coefficient (Wildman–Crippen LogP) is 4.54. The van der Waals surface area contributed by atoms with E-state index in [1.165, 1.54) is 10.5 Å². The minimum atomic E-state index is -0.330. The van der Waals surface area contributed by atoms with Crippen molar-refractivity contribution in [2.45, 2.75) is 56.9 Å². The van der Waals surface area contributed by atoms with Gasteiger partial charge in [0, 0.05) is 4.90 Å². The van der Waals surface area contributed by atoms with Crippen LogP contribution < -0.4 is 5.32 Å². The molecule has 0 aromatic heterocycles. The van der Waals surface area contributed by atoms with E-state index in [1.54, 1.807) is 0 Å². The summed E-state index contributed by atoms with van der Waals surface area (Å²) in [7, 11) is 0. The Morgan fingerprint density at radius 1 is 1.25 bits per heavy atom. The molecule has 0 saturated heterocycles. The monoisotopic (exact) mass is 290 g/mol. The summed E-state index contributed by atoms with van der Waals surface area (Å²) in [5.41, 5.74) is 0.969. The highest BCUT2D eigenvalue weighted by Crippen LogP contribution is 2.23. The lowest BCUT2D eigenvalue weighted by Gasteiger charge is -2.26. The summed E-state index contributed by atoms with van der Waals surface area (Å²) in [6, 6.07) is 11.1. The number of nitriles is 1. The van der Waals surface area contributed by atoms with E-state index in [0.717, 1.165) is 38.0 Å². The molecule has 1 N–H and O–H groups in total. The van der Waals surface area contributed by atoms with Crippen molar-refractivity contribution in [1.82, 2.24) is 5.32 Å². The second-order valence-electron chi connectivity index (χ2n) is 5.24. The highest BCUT2D eigenvalue weighted by Gasteiger charge is 2.25. The van der Waals surface area contributed by atoms with E-state index in [1.807, 2.05) is 11.8 Å². The zero-order chi connectivity index (χ0) is 14.8. The Morgan fingerprint density at radius 2 is 1.95 bits per heavy atom. The molecule has 3 heteroatoms. The number of benzene rings is 1. The van der Waals surface area contributed by atoms with Crippen molar-refractivity contribution < 1.29 is 0 Å². The zero-order valence-electron chi connectivity index (χ0n) is 12.9. The van der Waals surface area contributed by atoms with Gasteiger partial charge in [-0.05, 0) is 57.0 Å². The summed E-state index contributed by atoms with van der Waals surface area (Å²) < 4.78 is 0. The van der Waals surface area contributed by atoms with Crippen molar-refractivity contribution in [1.29, 1.82) is 5.26 Å². The van der Waals surface area contributed by atoms with E-state index in [4.69, 9.17) is 0 Å². The molecule has 0 aliphatic heterocycles. The van der Waals surface area contributed by atoms with Crippen LogP contribution >= 0.6 is 11.8 Å². The SMILES string of the molecule is CCCNC(C#N)(CC)CCCSc1ccc(C)cc1. The first-order chi connectivity index (χ1) is 9.65. The van der Waals surface area contributed by atoms with E-state index in [2.05, 4.69) is 56.4 Å². The summed E-state index contributed by atoms with van der Waals surface area (Å²) in [5, 5.41) is 12.8. The summed E-state index contributed by atoms with van der Waals surface area (Å²) in [4.78, 5) is 1.32. The molecule has 1 unspecified atom stereocenters. The van der Waals surface area contributed by atoms with Crippen LogP contribution in [0.5, 0.6) is 0 Å². The zero-order valence-corrected chi connectivity index (χ0v) is 13.7. The lowest BCUT2D eigenvalue weighted by Crippen LogP contribution is -2.43. The van der Waals surface area contributed by atoms with Crippen molar-refractivity contribution >= 4 is 11.8 Å². The molecular formula is C17H26N2S. The number of aryl methyl sites for hydroxylation is 1. The lowest BCUT2D eigenvalue weighted by atomic mass is 9.92. The molecule has 110 valence electrons. The first kappa shape index (κ1) is 17.1. The van der Waals surface area contributed by atoms with Crippen LogP contribution in [0.3, 0.4) is 0 Å². The van der Waals surface area contributed by atoms with Crippen LogP contribution in [0.4, 0.5) is 0 Å². The van der Waals surface area contributed by atoms with Crippen molar-refractivity contribution in [2.24, 2.45) is 0 Å². The van der Waals surface area contributed by atoms with Crippen LogP contribution in [-0.2, 0) is 0 Å². The highest BCUT2D eigenvalue weighted by atomic mass is 32.2. The van der Waals surface area contributed by atoms with Gasteiger partial charge < -0.3 is 0 Å². The average molecular weight is 290 g/mol. The Morgan fingerprint density at radius 3 is 2.50 bits per heavy atom. The van der Waals surface area contributed by atoms with Crippen LogP contribution in [0.15, 0.2) is 29.2 Å². The molecule has 0 spiro atoms. The van der Waals surface area contributed by atoms with Gasteiger partial charge in [-0.25, -0.2) is 0 Å². The molecule has 0 amide bonds. The molecule has 1 aromatic carbocycles. The van der Waals surface area contributed by atoms with Gasteiger partial charge in [-0.3, -0.25) is 5.32 Å².